The topological polar surface area (TPSA) is 12.0 Å². The summed E-state index contributed by atoms with van der Waals surface area (Å²) >= 11 is 0. The molecule has 1 nitrogen and oxygen atoms in total. The van der Waals surface area contributed by atoms with Crippen molar-refractivity contribution < 1.29 is 0 Å². The van der Waals surface area contributed by atoms with E-state index >= 15 is 0 Å². The highest BCUT2D eigenvalue weighted by Crippen LogP contribution is 2.35. The molecule has 0 heterocycles. The van der Waals surface area contributed by atoms with E-state index in [0.717, 1.165) is 25.3 Å². The number of aryl methyl sites for hydroxylation is 2. The molecule has 118 valence electrons. The van der Waals surface area contributed by atoms with Crippen molar-refractivity contribution in [2.45, 2.75) is 78.2 Å². The van der Waals surface area contributed by atoms with Gasteiger partial charge in [0.1, 0.15) is 0 Å². The Labute approximate surface area is 131 Å². The van der Waals surface area contributed by atoms with Gasteiger partial charge in [0.05, 0.1) is 0 Å². The Balaban J connectivity index is 2.22. The molecule has 1 aliphatic rings. The van der Waals surface area contributed by atoms with Gasteiger partial charge in [0, 0.05) is 6.04 Å². The summed E-state index contributed by atoms with van der Waals surface area (Å²) in [5.41, 5.74) is 4.61. The quantitative estimate of drug-likeness (QED) is 0.705. The third-order valence-corrected chi connectivity index (χ3v) is 5.09. The Bertz CT molecular complexity index is 418. The third-order valence-electron chi connectivity index (χ3n) is 5.09. The van der Waals surface area contributed by atoms with Crippen LogP contribution in [-0.4, -0.2) is 6.54 Å². The fraction of sp³-hybridized carbons (Fsp3) is 0.700. The Morgan fingerprint density at radius 3 is 2.33 bits per heavy atom. The summed E-state index contributed by atoms with van der Waals surface area (Å²) in [5.74, 6) is 0.836. The van der Waals surface area contributed by atoms with Crippen LogP contribution in [0.1, 0.15) is 82.0 Å². The minimum absolute atomic E-state index is 0.571. The van der Waals surface area contributed by atoms with Gasteiger partial charge in [0.2, 0.25) is 0 Å². The highest BCUT2D eigenvalue weighted by molar-refractivity contribution is 5.34. The summed E-state index contributed by atoms with van der Waals surface area (Å²) in [6.07, 6.45) is 10.6. The van der Waals surface area contributed by atoms with Gasteiger partial charge >= 0.3 is 0 Å². The standard InChI is InChI=1S/C20H33N/c1-4-14-21-20(18-10-8-7-9-11-18)19-13-12-16(5-2)17(6-3)15-19/h12-13,15,18,20-21H,4-11,14H2,1-3H3. The van der Waals surface area contributed by atoms with Crippen LogP contribution in [0.15, 0.2) is 18.2 Å². The lowest BCUT2D eigenvalue weighted by Gasteiger charge is -2.32. The molecule has 1 aromatic rings. The van der Waals surface area contributed by atoms with Crippen LogP contribution in [0.4, 0.5) is 0 Å². The van der Waals surface area contributed by atoms with E-state index in [-0.39, 0.29) is 0 Å². The molecule has 1 heteroatoms. The van der Waals surface area contributed by atoms with Crippen LogP contribution in [0.25, 0.3) is 0 Å². The van der Waals surface area contributed by atoms with Crippen molar-refractivity contribution in [3.63, 3.8) is 0 Å². The molecule has 1 aromatic carbocycles. The van der Waals surface area contributed by atoms with E-state index < -0.39 is 0 Å². The maximum Gasteiger partial charge on any atom is 0.0348 e. The number of rotatable bonds is 7. The van der Waals surface area contributed by atoms with Crippen molar-refractivity contribution in [3.05, 3.63) is 34.9 Å². The smallest absolute Gasteiger partial charge is 0.0348 e. The minimum atomic E-state index is 0.571. The van der Waals surface area contributed by atoms with Gasteiger partial charge in [-0.1, -0.05) is 58.2 Å². The largest absolute Gasteiger partial charge is 0.310 e. The summed E-state index contributed by atoms with van der Waals surface area (Å²) in [4.78, 5) is 0. The highest BCUT2D eigenvalue weighted by atomic mass is 14.9. The Morgan fingerprint density at radius 1 is 1.00 bits per heavy atom. The van der Waals surface area contributed by atoms with Crippen LogP contribution in [0.3, 0.4) is 0 Å². The molecule has 1 atom stereocenters. The molecular weight excluding hydrogens is 254 g/mol. The van der Waals surface area contributed by atoms with Crippen molar-refractivity contribution in [1.29, 1.82) is 0 Å². The van der Waals surface area contributed by atoms with E-state index in [0.29, 0.717) is 6.04 Å². The predicted molar refractivity (Wildman–Crippen MR) is 92.8 cm³/mol. The monoisotopic (exact) mass is 287 g/mol. The van der Waals surface area contributed by atoms with Gasteiger partial charge in [-0.2, -0.15) is 0 Å². The number of hydrogen-bond donors (Lipinski definition) is 1. The van der Waals surface area contributed by atoms with Crippen LogP contribution in [0.2, 0.25) is 0 Å². The molecule has 21 heavy (non-hydrogen) atoms. The van der Waals surface area contributed by atoms with E-state index in [1.165, 1.54) is 49.7 Å². The zero-order chi connectivity index (χ0) is 15.1. The molecule has 0 amide bonds. The highest BCUT2D eigenvalue weighted by Gasteiger charge is 2.24. The average molecular weight is 287 g/mol. The molecule has 0 aromatic heterocycles. The Kier molecular flexibility index (Phi) is 6.76. The van der Waals surface area contributed by atoms with Crippen molar-refractivity contribution >= 4 is 0 Å². The van der Waals surface area contributed by atoms with Crippen molar-refractivity contribution in [2.24, 2.45) is 5.92 Å². The lowest BCUT2D eigenvalue weighted by molar-refractivity contribution is 0.272. The van der Waals surface area contributed by atoms with Gasteiger partial charge in [-0.15, -0.1) is 0 Å². The molecule has 2 rings (SSSR count). The van der Waals surface area contributed by atoms with Crippen molar-refractivity contribution in [2.75, 3.05) is 6.54 Å². The van der Waals surface area contributed by atoms with Gasteiger partial charge < -0.3 is 5.32 Å². The van der Waals surface area contributed by atoms with E-state index in [1.54, 1.807) is 5.56 Å². The normalized spacial score (nSPS) is 17.9. The molecule has 0 radical (unpaired) electrons. The number of hydrogen-bond acceptors (Lipinski definition) is 1. The second kappa shape index (κ2) is 8.58. The molecule has 0 spiro atoms. The molecule has 1 fully saturated rings. The molecular formula is C20H33N. The fourth-order valence-electron chi connectivity index (χ4n) is 3.84. The first-order valence-electron chi connectivity index (χ1n) is 9.15. The molecule has 0 saturated heterocycles. The van der Waals surface area contributed by atoms with Crippen LogP contribution >= 0.6 is 0 Å². The summed E-state index contributed by atoms with van der Waals surface area (Å²) in [7, 11) is 0. The molecule has 0 bridgehead atoms. The summed E-state index contributed by atoms with van der Waals surface area (Å²) in [5, 5.41) is 3.84. The average Bonchev–Trinajstić information content (AvgIpc) is 2.56. The van der Waals surface area contributed by atoms with Gasteiger partial charge in [0.15, 0.2) is 0 Å². The first kappa shape index (κ1) is 16.5. The van der Waals surface area contributed by atoms with Crippen LogP contribution in [0, 0.1) is 5.92 Å². The summed E-state index contributed by atoms with van der Waals surface area (Å²) < 4.78 is 0. The molecule has 0 aliphatic heterocycles. The fourth-order valence-corrected chi connectivity index (χ4v) is 3.84. The predicted octanol–water partition coefficient (Wildman–Crippen LogP) is 5.43. The van der Waals surface area contributed by atoms with Crippen LogP contribution in [0.5, 0.6) is 0 Å². The van der Waals surface area contributed by atoms with Gasteiger partial charge in [-0.05, 0) is 61.3 Å². The maximum atomic E-state index is 3.84. The third kappa shape index (κ3) is 4.32. The minimum Gasteiger partial charge on any atom is -0.310 e. The molecule has 1 N–H and O–H groups in total. The van der Waals surface area contributed by atoms with Crippen LogP contribution < -0.4 is 5.32 Å². The van der Waals surface area contributed by atoms with Crippen molar-refractivity contribution in [3.8, 4) is 0 Å². The first-order chi connectivity index (χ1) is 10.3. The first-order valence-corrected chi connectivity index (χ1v) is 9.15. The van der Waals surface area contributed by atoms with Gasteiger partial charge in [0.25, 0.3) is 0 Å². The SMILES string of the molecule is CCCNC(c1ccc(CC)c(CC)c1)C1CCCCC1. The van der Waals surface area contributed by atoms with Gasteiger partial charge in [-0.3, -0.25) is 0 Å². The lowest BCUT2D eigenvalue weighted by Crippen LogP contribution is -2.30. The van der Waals surface area contributed by atoms with Crippen molar-refractivity contribution in [1.82, 2.24) is 5.32 Å². The zero-order valence-corrected chi connectivity index (χ0v) is 14.3. The maximum absolute atomic E-state index is 3.84. The number of nitrogens with one attached hydrogen (secondary N) is 1. The molecule has 1 aliphatic carbocycles. The molecule has 1 unspecified atom stereocenters. The lowest BCUT2D eigenvalue weighted by atomic mass is 9.80. The second-order valence-corrected chi connectivity index (χ2v) is 6.57. The number of benzene rings is 1. The second-order valence-electron chi connectivity index (χ2n) is 6.57. The molecule has 1 saturated carbocycles. The zero-order valence-electron chi connectivity index (χ0n) is 14.3. The van der Waals surface area contributed by atoms with E-state index in [4.69, 9.17) is 0 Å². The van der Waals surface area contributed by atoms with Gasteiger partial charge in [-0.25, -0.2) is 0 Å². The Hall–Kier alpha value is -0.820. The van der Waals surface area contributed by atoms with E-state index in [1.807, 2.05) is 0 Å². The summed E-state index contributed by atoms with van der Waals surface area (Å²) in [6, 6.07) is 7.82. The van der Waals surface area contributed by atoms with E-state index in [9.17, 15) is 0 Å². The van der Waals surface area contributed by atoms with Crippen LogP contribution in [-0.2, 0) is 12.8 Å². The Morgan fingerprint density at radius 2 is 1.71 bits per heavy atom. The van der Waals surface area contributed by atoms with E-state index in [2.05, 4.69) is 44.3 Å². The summed E-state index contributed by atoms with van der Waals surface area (Å²) in [6.45, 7) is 7.95.